The number of nitrogens with one attached hydrogen (secondary N) is 2. The third-order valence-corrected chi connectivity index (χ3v) is 4.06. The minimum absolute atomic E-state index is 0.0327. The number of guanidine groups is 1. The maximum absolute atomic E-state index is 5.39. The molecule has 0 aromatic heterocycles. The summed E-state index contributed by atoms with van der Waals surface area (Å²) in [4.78, 5) is 6.89. The molecule has 5 nitrogen and oxygen atoms in total. The lowest BCUT2D eigenvalue weighted by Gasteiger charge is -2.31. The smallest absolute Gasteiger partial charge is 0.191 e. The van der Waals surface area contributed by atoms with Crippen LogP contribution in [0, 0.1) is 0 Å². The molecule has 1 rings (SSSR count). The van der Waals surface area contributed by atoms with Crippen molar-refractivity contribution in [3.8, 4) is 5.75 Å². The molecule has 0 saturated carbocycles. The monoisotopic (exact) mass is 320 g/mol. The SMILES string of the molecule is CCNC(=NCC(C)(C)N(C)C)NCCc1ccccc1OC. The lowest BCUT2D eigenvalue weighted by atomic mass is 10.1. The Bertz CT molecular complexity index is 498. The number of methoxy groups -OCH3 is 1. The Labute approximate surface area is 141 Å². The number of benzene rings is 1. The van der Waals surface area contributed by atoms with Crippen molar-refractivity contribution in [1.82, 2.24) is 15.5 Å². The van der Waals surface area contributed by atoms with Gasteiger partial charge in [-0.1, -0.05) is 18.2 Å². The van der Waals surface area contributed by atoms with E-state index in [4.69, 9.17) is 9.73 Å². The van der Waals surface area contributed by atoms with Gasteiger partial charge in [-0.25, -0.2) is 0 Å². The molecule has 0 atom stereocenters. The van der Waals surface area contributed by atoms with Crippen LogP contribution in [-0.2, 0) is 6.42 Å². The summed E-state index contributed by atoms with van der Waals surface area (Å²) < 4.78 is 5.39. The summed E-state index contributed by atoms with van der Waals surface area (Å²) in [5, 5.41) is 6.69. The first-order valence-electron chi connectivity index (χ1n) is 8.22. The Kier molecular flexibility index (Phi) is 7.89. The molecule has 0 heterocycles. The van der Waals surface area contributed by atoms with Crippen molar-refractivity contribution in [2.24, 2.45) is 4.99 Å². The second kappa shape index (κ2) is 9.40. The van der Waals surface area contributed by atoms with Gasteiger partial charge in [-0.05, 0) is 52.9 Å². The molecule has 2 N–H and O–H groups in total. The third kappa shape index (κ3) is 6.48. The summed E-state index contributed by atoms with van der Waals surface area (Å²) in [5.41, 5.74) is 1.23. The minimum atomic E-state index is 0.0327. The van der Waals surface area contributed by atoms with Crippen molar-refractivity contribution < 1.29 is 4.74 Å². The first kappa shape index (κ1) is 19.3. The van der Waals surface area contributed by atoms with Crippen LogP contribution in [0.2, 0.25) is 0 Å². The molecule has 0 bridgehead atoms. The number of rotatable bonds is 8. The predicted molar refractivity (Wildman–Crippen MR) is 98.4 cm³/mol. The van der Waals surface area contributed by atoms with Crippen LogP contribution in [0.25, 0.3) is 0 Å². The number of nitrogens with zero attached hydrogens (tertiary/aromatic N) is 2. The van der Waals surface area contributed by atoms with Gasteiger partial charge in [0.25, 0.3) is 0 Å². The fourth-order valence-corrected chi connectivity index (χ4v) is 1.98. The van der Waals surface area contributed by atoms with Crippen LogP contribution in [0.15, 0.2) is 29.3 Å². The van der Waals surface area contributed by atoms with Crippen LogP contribution in [0.5, 0.6) is 5.75 Å². The van der Waals surface area contributed by atoms with Crippen molar-refractivity contribution in [2.75, 3.05) is 40.8 Å². The number of aliphatic imine (C=N–C) groups is 1. The fourth-order valence-electron chi connectivity index (χ4n) is 1.98. The van der Waals surface area contributed by atoms with Crippen LogP contribution >= 0.6 is 0 Å². The number of para-hydroxylation sites is 1. The zero-order chi connectivity index (χ0) is 17.3. The molecule has 0 aliphatic rings. The first-order valence-corrected chi connectivity index (χ1v) is 8.22. The summed E-state index contributed by atoms with van der Waals surface area (Å²) in [7, 11) is 5.87. The van der Waals surface area contributed by atoms with Crippen LogP contribution in [0.3, 0.4) is 0 Å². The minimum Gasteiger partial charge on any atom is -0.496 e. The molecule has 0 saturated heterocycles. The molecule has 130 valence electrons. The highest BCUT2D eigenvalue weighted by atomic mass is 16.5. The molecular weight excluding hydrogens is 288 g/mol. The molecule has 0 aliphatic carbocycles. The van der Waals surface area contributed by atoms with E-state index in [2.05, 4.69) is 56.5 Å². The van der Waals surface area contributed by atoms with Crippen molar-refractivity contribution in [2.45, 2.75) is 32.7 Å². The summed E-state index contributed by atoms with van der Waals surface area (Å²) in [6.45, 7) is 8.86. The topological polar surface area (TPSA) is 48.9 Å². The van der Waals surface area contributed by atoms with Crippen LogP contribution in [0.4, 0.5) is 0 Å². The van der Waals surface area contributed by atoms with Gasteiger partial charge < -0.3 is 20.3 Å². The van der Waals surface area contributed by atoms with Gasteiger partial charge in [-0.15, -0.1) is 0 Å². The Morgan fingerprint density at radius 3 is 2.52 bits per heavy atom. The molecule has 0 spiro atoms. The van der Waals surface area contributed by atoms with Crippen molar-refractivity contribution >= 4 is 5.96 Å². The van der Waals surface area contributed by atoms with Gasteiger partial charge in [0.15, 0.2) is 5.96 Å². The first-order chi connectivity index (χ1) is 10.9. The highest BCUT2D eigenvalue weighted by Crippen LogP contribution is 2.17. The van der Waals surface area contributed by atoms with Crippen molar-refractivity contribution in [1.29, 1.82) is 0 Å². The fraction of sp³-hybridized carbons (Fsp3) is 0.611. The average molecular weight is 320 g/mol. The summed E-state index contributed by atoms with van der Waals surface area (Å²) >= 11 is 0. The zero-order valence-corrected chi connectivity index (χ0v) is 15.4. The molecule has 23 heavy (non-hydrogen) atoms. The van der Waals surface area contributed by atoms with Gasteiger partial charge in [0, 0.05) is 18.6 Å². The van der Waals surface area contributed by atoms with E-state index in [9.17, 15) is 0 Å². The molecule has 0 aliphatic heterocycles. The van der Waals surface area contributed by atoms with Crippen LogP contribution in [0.1, 0.15) is 26.3 Å². The molecule has 0 amide bonds. The van der Waals surface area contributed by atoms with Crippen molar-refractivity contribution in [3.63, 3.8) is 0 Å². The Hall–Kier alpha value is -1.75. The lowest BCUT2D eigenvalue weighted by Crippen LogP contribution is -2.44. The van der Waals surface area contributed by atoms with Gasteiger partial charge in [-0.3, -0.25) is 4.99 Å². The molecule has 1 aromatic carbocycles. The van der Waals surface area contributed by atoms with E-state index in [-0.39, 0.29) is 5.54 Å². The van der Waals surface area contributed by atoms with E-state index < -0.39 is 0 Å². The van der Waals surface area contributed by atoms with Gasteiger partial charge in [0.05, 0.1) is 13.7 Å². The Morgan fingerprint density at radius 1 is 1.22 bits per heavy atom. The van der Waals surface area contributed by atoms with E-state index >= 15 is 0 Å². The number of hydrogen-bond donors (Lipinski definition) is 2. The molecule has 1 aromatic rings. The Morgan fingerprint density at radius 2 is 1.91 bits per heavy atom. The maximum Gasteiger partial charge on any atom is 0.191 e. The van der Waals surface area contributed by atoms with E-state index in [0.717, 1.165) is 37.8 Å². The molecule has 0 fully saturated rings. The highest BCUT2D eigenvalue weighted by Gasteiger charge is 2.19. The molecule has 0 radical (unpaired) electrons. The third-order valence-electron chi connectivity index (χ3n) is 4.06. The summed E-state index contributed by atoms with van der Waals surface area (Å²) in [6, 6.07) is 8.12. The van der Waals surface area contributed by atoms with Gasteiger partial charge in [0.2, 0.25) is 0 Å². The number of ether oxygens (including phenoxy) is 1. The normalized spacial score (nSPS) is 12.4. The standard InChI is InChI=1S/C18H32N4O/c1-7-19-17(21-14-18(2,3)22(4)5)20-13-12-15-10-8-9-11-16(15)23-6/h8-11H,7,12-14H2,1-6H3,(H2,19,20,21). The van der Waals surface area contributed by atoms with Crippen LogP contribution < -0.4 is 15.4 Å². The largest absolute Gasteiger partial charge is 0.496 e. The van der Waals surface area contributed by atoms with E-state index in [1.807, 2.05) is 18.2 Å². The highest BCUT2D eigenvalue weighted by molar-refractivity contribution is 5.79. The van der Waals surface area contributed by atoms with Crippen LogP contribution in [-0.4, -0.2) is 57.2 Å². The van der Waals surface area contributed by atoms with E-state index in [1.165, 1.54) is 5.56 Å². The molecular formula is C18H32N4O. The summed E-state index contributed by atoms with van der Waals surface area (Å²) in [6.07, 6.45) is 0.894. The van der Waals surface area contributed by atoms with Gasteiger partial charge in [-0.2, -0.15) is 0 Å². The average Bonchev–Trinajstić information content (AvgIpc) is 2.53. The maximum atomic E-state index is 5.39. The van der Waals surface area contributed by atoms with E-state index in [0.29, 0.717) is 0 Å². The predicted octanol–water partition coefficient (Wildman–Crippen LogP) is 2.13. The van der Waals surface area contributed by atoms with Gasteiger partial charge in [0.1, 0.15) is 5.75 Å². The zero-order valence-electron chi connectivity index (χ0n) is 15.4. The second-order valence-electron chi connectivity index (χ2n) is 6.39. The number of likely N-dealkylation sites (N-methyl/N-ethyl adjacent to an activating group) is 1. The number of hydrogen-bond acceptors (Lipinski definition) is 3. The van der Waals surface area contributed by atoms with Gasteiger partial charge >= 0.3 is 0 Å². The summed E-state index contributed by atoms with van der Waals surface area (Å²) in [5.74, 6) is 1.79. The van der Waals surface area contributed by atoms with E-state index in [1.54, 1.807) is 7.11 Å². The second-order valence-corrected chi connectivity index (χ2v) is 6.39. The lowest BCUT2D eigenvalue weighted by molar-refractivity contribution is 0.204. The Balaban J connectivity index is 2.59. The van der Waals surface area contributed by atoms with Crippen molar-refractivity contribution in [3.05, 3.63) is 29.8 Å². The quantitative estimate of drug-likeness (QED) is 0.569. The molecule has 5 heteroatoms. The molecule has 0 unspecified atom stereocenters.